The van der Waals surface area contributed by atoms with Crippen LogP contribution in [0.1, 0.15) is 26.3 Å². The third kappa shape index (κ3) is 4.07. The number of H-pyrrole nitrogens is 1. The molecule has 2 aromatic rings. The second-order valence-corrected chi connectivity index (χ2v) is 6.29. The van der Waals surface area contributed by atoms with Crippen molar-refractivity contribution < 1.29 is 9.53 Å². The topological polar surface area (TPSA) is 79.9 Å². The number of aromatic nitrogens is 3. The Labute approximate surface area is 130 Å². The van der Waals surface area contributed by atoms with Gasteiger partial charge in [0.05, 0.1) is 12.0 Å². The van der Waals surface area contributed by atoms with Crippen molar-refractivity contribution in [2.75, 3.05) is 13.7 Å². The summed E-state index contributed by atoms with van der Waals surface area (Å²) in [5, 5.41) is 3.42. The van der Waals surface area contributed by atoms with Gasteiger partial charge in [-0.3, -0.25) is 4.79 Å². The van der Waals surface area contributed by atoms with Crippen molar-refractivity contribution >= 4 is 16.9 Å². The molecule has 0 aromatic carbocycles. The number of nitrogens with zero attached hydrogens (tertiary/aromatic N) is 2. The van der Waals surface area contributed by atoms with Gasteiger partial charge in [-0.1, -0.05) is 26.8 Å². The van der Waals surface area contributed by atoms with E-state index in [9.17, 15) is 4.79 Å². The van der Waals surface area contributed by atoms with Gasteiger partial charge in [0, 0.05) is 13.2 Å². The smallest absolute Gasteiger partial charge is 0.243 e. The summed E-state index contributed by atoms with van der Waals surface area (Å²) >= 11 is 0. The van der Waals surface area contributed by atoms with Gasteiger partial charge in [-0.05, 0) is 23.5 Å². The molecule has 2 heterocycles. The lowest BCUT2D eigenvalue weighted by molar-refractivity contribution is -0.116. The second kappa shape index (κ2) is 6.60. The van der Waals surface area contributed by atoms with E-state index in [2.05, 4.69) is 41.0 Å². The molecule has 6 nitrogen and oxygen atoms in total. The maximum atomic E-state index is 11.2. The predicted octanol–water partition coefficient (Wildman–Crippen LogP) is 2.23. The van der Waals surface area contributed by atoms with Gasteiger partial charge < -0.3 is 15.0 Å². The molecule has 0 radical (unpaired) electrons. The molecule has 0 atom stereocenters. The van der Waals surface area contributed by atoms with Crippen LogP contribution in [0.4, 0.5) is 0 Å². The minimum Gasteiger partial charge on any atom is -0.477 e. The van der Waals surface area contributed by atoms with Crippen LogP contribution < -0.4 is 10.1 Å². The third-order valence-corrected chi connectivity index (χ3v) is 3.01. The largest absolute Gasteiger partial charge is 0.477 e. The van der Waals surface area contributed by atoms with Crippen molar-refractivity contribution in [3.63, 3.8) is 0 Å². The summed E-state index contributed by atoms with van der Waals surface area (Å²) < 4.78 is 5.86. The molecular formula is C16H22N4O2. The fraction of sp³-hybridized carbons (Fsp3) is 0.438. The zero-order valence-electron chi connectivity index (χ0n) is 13.4. The molecule has 0 aliphatic rings. The summed E-state index contributed by atoms with van der Waals surface area (Å²) in [5.74, 6) is 0.449. The quantitative estimate of drug-likeness (QED) is 0.830. The lowest BCUT2D eigenvalue weighted by Gasteiger charge is -2.18. The van der Waals surface area contributed by atoms with Crippen LogP contribution in [0.25, 0.3) is 11.0 Å². The number of allylic oxidation sites excluding steroid dienone is 1. The molecule has 0 spiro atoms. The molecule has 0 unspecified atom stereocenters. The van der Waals surface area contributed by atoms with E-state index < -0.39 is 0 Å². The Morgan fingerprint density at radius 1 is 1.41 bits per heavy atom. The molecular weight excluding hydrogens is 280 g/mol. The molecule has 0 aliphatic carbocycles. The van der Waals surface area contributed by atoms with Crippen molar-refractivity contribution in [1.29, 1.82) is 0 Å². The summed E-state index contributed by atoms with van der Waals surface area (Å²) in [7, 11) is 1.60. The predicted molar refractivity (Wildman–Crippen MR) is 85.7 cm³/mol. The number of aromatic amines is 1. The highest BCUT2D eigenvalue weighted by Gasteiger charge is 2.15. The Morgan fingerprint density at radius 3 is 2.86 bits per heavy atom. The first kappa shape index (κ1) is 16.0. The van der Waals surface area contributed by atoms with Gasteiger partial charge in [0.25, 0.3) is 0 Å². The second-order valence-electron chi connectivity index (χ2n) is 6.29. The van der Waals surface area contributed by atoms with Crippen LogP contribution in [-0.2, 0) is 11.2 Å². The molecule has 0 fully saturated rings. The average molecular weight is 302 g/mol. The molecule has 22 heavy (non-hydrogen) atoms. The summed E-state index contributed by atoms with van der Waals surface area (Å²) in [4.78, 5) is 22.8. The average Bonchev–Trinajstić information content (AvgIpc) is 2.88. The van der Waals surface area contributed by atoms with Crippen LogP contribution in [0.2, 0.25) is 0 Å². The molecule has 118 valence electrons. The maximum absolute atomic E-state index is 11.2. The Morgan fingerprint density at radius 2 is 2.18 bits per heavy atom. The summed E-state index contributed by atoms with van der Waals surface area (Å²) in [6.07, 6.45) is 7.28. The van der Waals surface area contributed by atoms with E-state index in [0.717, 1.165) is 16.6 Å². The molecule has 1 amide bonds. The fourth-order valence-corrected chi connectivity index (χ4v) is 1.93. The van der Waals surface area contributed by atoms with Crippen LogP contribution in [0.5, 0.6) is 5.88 Å². The molecule has 0 bridgehead atoms. The van der Waals surface area contributed by atoms with Gasteiger partial charge in [0.15, 0.2) is 0 Å². The standard InChI is InChI=1S/C16H22N4O2/c1-16(2,3)9-22-15-13-11(6-5-7-12(21)17-4)8-18-14(13)19-10-20-15/h5,7-8,10H,6,9H2,1-4H3,(H,17,21)(H,18,19,20). The molecule has 0 saturated carbocycles. The zero-order valence-corrected chi connectivity index (χ0v) is 13.4. The van der Waals surface area contributed by atoms with Crippen molar-refractivity contribution in [3.05, 3.63) is 30.2 Å². The third-order valence-electron chi connectivity index (χ3n) is 3.01. The molecule has 2 N–H and O–H groups in total. The van der Waals surface area contributed by atoms with E-state index in [0.29, 0.717) is 18.9 Å². The first-order valence-corrected chi connectivity index (χ1v) is 7.23. The molecule has 2 rings (SSSR count). The van der Waals surface area contributed by atoms with E-state index >= 15 is 0 Å². The lowest BCUT2D eigenvalue weighted by Crippen LogP contribution is -2.17. The van der Waals surface area contributed by atoms with E-state index in [4.69, 9.17) is 4.74 Å². The van der Waals surface area contributed by atoms with Crippen LogP contribution >= 0.6 is 0 Å². The van der Waals surface area contributed by atoms with Gasteiger partial charge in [0.1, 0.15) is 12.0 Å². The first-order valence-electron chi connectivity index (χ1n) is 7.23. The number of rotatable bonds is 5. The summed E-state index contributed by atoms with van der Waals surface area (Å²) in [5.41, 5.74) is 1.79. The number of likely N-dealkylation sites (N-methyl/N-ethyl adjacent to an activating group) is 1. The number of hydrogen-bond acceptors (Lipinski definition) is 4. The normalized spacial score (nSPS) is 12.0. The van der Waals surface area contributed by atoms with Crippen molar-refractivity contribution in [1.82, 2.24) is 20.3 Å². The number of amides is 1. The zero-order chi connectivity index (χ0) is 16.2. The van der Waals surface area contributed by atoms with Crippen molar-refractivity contribution in [3.8, 4) is 5.88 Å². The highest BCUT2D eigenvalue weighted by Crippen LogP contribution is 2.27. The Bertz CT molecular complexity index is 683. The summed E-state index contributed by atoms with van der Waals surface area (Å²) in [6.45, 7) is 6.89. The molecule has 6 heteroatoms. The van der Waals surface area contributed by atoms with Gasteiger partial charge in [0.2, 0.25) is 11.8 Å². The molecule has 0 saturated heterocycles. The summed E-state index contributed by atoms with van der Waals surface area (Å²) in [6, 6.07) is 0. The van der Waals surface area contributed by atoms with E-state index in [1.54, 1.807) is 7.05 Å². The minimum absolute atomic E-state index is 0.0485. The fourth-order valence-electron chi connectivity index (χ4n) is 1.93. The number of hydrogen-bond donors (Lipinski definition) is 2. The SMILES string of the molecule is CNC(=O)C=CCc1c[nH]c2ncnc(OCC(C)(C)C)c12. The lowest BCUT2D eigenvalue weighted by atomic mass is 9.99. The van der Waals surface area contributed by atoms with Gasteiger partial charge >= 0.3 is 0 Å². The first-order chi connectivity index (χ1) is 10.4. The maximum Gasteiger partial charge on any atom is 0.243 e. The van der Waals surface area contributed by atoms with Crippen LogP contribution in [0.3, 0.4) is 0 Å². The monoisotopic (exact) mass is 302 g/mol. The Hall–Kier alpha value is -2.37. The van der Waals surface area contributed by atoms with Gasteiger partial charge in [-0.25, -0.2) is 9.97 Å². The number of carbonyl (C=O) groups excluding carboxylic acids is 1. The highest BCUT2D eigenvalue weighted by molar-refractivity contribution is 5.88. The van der Waals surface area contributed by atoms with E-state index in [-0.39, 0.29) is 11.3 Å². The van der Waals surface area contributed by atoms with Crippen molar-refractivity contribution in [2.45, 2.75) is 27.2 Å². The van der Waals surface area contributed by atoms with Crippen molar-refractivity contribution in [2.24, 2.45) is 5.41 Å². The number of fused-ring (bicyclic) bond motifs is 1. The van der Waals surface area contributed by atoms with Crippen LogP contribution in [0, 0.1) is 5.41 Å². The number of nitrogens with one attached hydrogen (secondary N) is 2. The molecule has 2 aromatic heterocycles. The Balaban J connectivity index is 2.24. The number of ether oxygens (including phenoxy) is 1. The van der Waals surface area contributed by atoms with E-state index in [1.165, 1.54) is 12.4 Å². The number of carbonyl (C=O) groups is 1. The van der Waals surface area contributed by atoms with E-state index in [1.807, 2.05) is 12.3 Å². The minimum atomic E-state index is -0.125. The highest BCUT2D eigenvalue weighted by atomic mass is 16.5. The van der Waals surface area contributed by atoms with Gasteiger partial charge in [-0.15, -0.1) is 0 Å². The molecule has 0 aliphatic heterocycles. The Kier molecular flexibility index (Phi) is 4.80. The van der Waals surface area contributed by atoms with Crippen LogP contribution in [0.15, 0.2) is 24.7 Å². The van der Waals surface area contributed by atoms with Gasteiger partial charge in [-0.2, -0.15) is 0 Å². The van der Waals surface area contributed by atoms with Crippen LogP contribution in [-0.4, -0.2) is 34.5 Å².